The van der Waals surface area contributed by atoms with Crippen LogP contribution in [-0.2, 0) is 4.74 Å². The molecule has 0 heterocycles. The van der Waals surface area contributed by atoms with E-state index in [1.165, 1.54) is 0 Å². The number of benzene rings is 2. The van der Waals surface area contributed by atoms with E-state index in [1.807, 2.05) is 6.07 Å². The topological polar surface area (TPSA) is 90.9 Å². The third-order valence-corrected chi connectivity index (χ3v) is 5.03. The van der Waals surface area contributed by atoms with Crippen molar-refractivity contribution in [3.8, 4) is 11.5 Å². The van der Waals surface area contributed by atoms with E-state index in [2.05, 4.69) is 12.2 Å². The molecule has 0 atom stereocenters. The third-order valence-electron chi connectivity index (χ3n) is 5.03. The van der Waals surface area contributed by atoms with Crippen molar-refractivity contribution in [3.63, 3.8) is 0 Å². The molecule has 0 aliphatic heterocycles. The van der Waals surface area contributed by atoms with Crippen LogP contribution in [0.3, 0.4) is 0 Å². The molecule has 35 heavy (non-hydrogen) atoms. The van der Waals surface area contributed by atoms with Crippen LogP contribution in [0.5, 0.6) is 11.5 Å². The van der Waals surface area contributed by atoms with Crippen molar-refractivity contribution in [1.82, 2.24) is 5.32 Å². The van der Waals surface area contributed by atoms with Gasteiger partial charge in [-0.05, 0) is 76.8 Å². The van der Waals surface area contributed by atoms with E-state index < -0.39 is 17.7 Å². The summed E-state index contributed by atoms with van der Waals surface area (Å²) in [4.78, 5) is 37.5. The summed E-state index contributed by atoms with van der Waals surface area (Å²) in [5.41, 5.74) is 0.886. The summed E-state index contributed by atoms with van der Waals surface area (Å²) in [6, 6.07) is 12.2. The number of nitrogens with one attached hydrogen (secondary N) is 1. The summed E-state index contributed by atoms with van der Waals surface area (Å²) in [5.74, 6) is 0.229. The summed E-state index contributed by atoms with van der Waals surface area (Å²) >= 11 is 0. The van der Waals surface area contributed by atoms with E-state index in [0.29, 0.717) is 60.6 Å². The largest absolute Gasteiger partial charge is 0.493 e. The molecule has 1 amide bonds. The molecule has 190 valence electrons. The van der Waals surface area contributed by atoms with Gasteiger partial charge in [0.25, 0.3) is 0 Å². The predicted molar refractivity (Wildman–Crippen MR) is 135 cm³/mol. The fourth-order valence-electron chi connectivity index (χ4n) is 3.32. The summed E-state index contributed by atoms with van der Waals surface area (Å²) in [6.07, 6.45) is 2.88. The van der Waals surface area contributed by atoms with Crippen LogP contribution in [0.15, 0.2) is 42.5 Å². The number of unbranched alkanes of at least 4 members (excludes halogenated alkanes) is 2. The highest BCUT2D eigenvalue weighted by molar-refractivity contribution is 6.01. The fraction of sp³-hybridized carbons (Fsp3) is 0.464. The normalized spacial score (nSPS) is 11.0. The van der Waals surface area contributed by atoms with E-state index in [9.17, 15) is 14.4 Å². The number of hydrogen-bond acceptors (Lipinski definition) is 6. The van der Waals surface area contributed by atoms with Crippen molar-refractivity contribution in [1.29, 1.82) is 0 Å². The van der Waals surface area contributed by atoms with Crippen LogP contribution in [0.1, 0.15) is 86.1 Å². The van der Waals surface area contributed by atoms with Crippen molar-refractivity contribution in [2.45, 2.75) is 72.3 Å². The minimum Gasteiger partial charge on any atom is -0.493 e. The molecule has 0 radical (unpaired) electrons. The molecule has 0 aromatic heterocycles. The molecule has 0 aliphatic carbocycles. The maximum absolute atomic E-state index is 12.9. The summed E-state index contributed by atoms with van der Waals surface area (Å²) < 4.78 is 16.6. The second-order valence-corrected chi connectivity index (χ2v) is 9.38. The van der Waals surface area contributed by atoms with Crippen LogP contribution >= 0.6 is 0 Å². The lowest BCUT2D eigenvalue weighted by Gasteiger charge is -2.19. The number of ketones is 1. The van der Waals surface area contributed by atoms with Gasteiger partial charge >= 0.3 is 12.1 Å². The highest BCUT2D eigenvalue weighted by Crippen LogP contribution is 2.28. The second-order valence-electron chi connectivity index (χ2n) is 9.38. The Hall–Kier alpha value is -3.35. The Morgan fingerprint density at radius 1 is 0.971 bits per heavy atom. The van der Waals surface area contributed by atoms with Gasteiger partial charge in [0.1, 0.15) is 22.7 Å². The zero-order chi connectivity index (χ0) is 25.8. The molecular formula is C28H37NO6. The van der Waals surface area contributed by atoms with Crippen molar-refractivity contribution in [2.75, 3.05) is 13.2 Å². The first-order valence-electron chi connectivity index (χ1n) is 12.2. The van der Waals surface area contributed by atoms with Gasteiger partial charge in [-0.15, -0.1) is 0 Å². The van der Waals surface area contributed by atoms with E-state index in [-0.39, 0.29) is 5.78 Å². The van der Waals surface area contributed by atoms with Crippen molar-refractivity contribution in [3.05, 3.63) is 59.2 Å². The SMILES string of the molecule is CCCCOc1cc(C(=O)CCCCNC(=O)OC(C)(C)C)cc(C)c1C(=O)Oc1ccccc1. The van der Waals surface area contributed by atoms with Crippen LogP contribution in [-0.4, -0.2) is 36.6 Å². The molecule has 0 aliphatic rings. The minimum atomic E-state index is -0.547. The Balaban J connectivity index is 2.04. The van der Waals surface area contributed by atoms with Crippen LogP contribution in [0.4, 0.5) is 4.79 Å². The minimum absolute atomic E-state index is 0.0475. The van der Waals surface area contributed by atoms with E-state index >= 15 is 0 Å². The van der Waals surface area contributed by atoms with Crippen molar-refractivity contribution in [2.24, 2.45) is 0 Å². The van der Waals surface area contributed by atoms with Crippen LogP contribution in [0, 0.1) is 6.92 Å². The number of para-hydroxylation sites is 1. The smallest absolute Gasteiger partial charge is 0.407 e. The number of alkyl carbamates (subject to hydrolysis) is 1. The molecule has 0 bridgehead atoms. The van der Waals surface area contributed by atoms with Gasteiger partial charge in [0.2, 0.25) is 0 Å². The Labute approximate surface area is 208 Å². The monoisotopic (exact) mass is 483 g/mol. The highest BCUT2D eigenvalue weighted by atomic mass is 16.6. The molecule has 1 N–H and O–H groups in total. The fourth-order valence-corrected chi connectivity index (χ4v) is 3.32. The average molecular weight is 484 g/mol. The van der Waals surface area contributed by atoms with Gasteiger partial charge in [0.05, 0.1) is 6.61 Å². The lowest BCUT2D eigenvalue weighted by atomic mass is 9.98. The number of aryl methyl sites for hydroxylation is 1. The summed E-state index contributed by atoms with van der Waals surface area (Å²) in [7, 11) is 0. The predicted octanol–water partition coefficient (Wildman–Crippen LogP) is 6.27. The Bertz CT molecular complexity index is 994. The summed E-state index contributed by atoms with van der Waals surface area (Å²) in [6.45, 7) is 10.1. The van der Waals surface area contributed by atoms with Gasteiger partial charge < -0.3 is 19.5 Å². The maximum atomic E-state index is 12.9. The second kappa shape index (κ2) is 13.5. The first kappa shape index (κ1) is 27.9. The van der Waals surface area contributed by atoms with E-state index in [0.717, 1.165) is 12.8 Å². The van der Waals surface area contributed by atoms with Crippen LogP contribution in [0.25, 0.3) is 0 Å². The lowest BCUT2D eigenvalue weighted by molar-refractivity contribution is 0.0526. The number of ether oxygens (including phenoxy) is 3. The summed E-state index contributed by atoms with van der Waals surface area (Å²) in [5, 5.41) is 2.70. The van der Waals surface area contributed by atoms with Gasteiger partial charge in [0, 0.05) is 18.5 Å². The first-order chi connectivity index (χ1) is 16.6. The molecule has 0 unspecified atom stereocenters. The zero-order valence-electron chi connectivity index (χ0n) is 21.4. The molecule has 7 nitrogen and oxygen atoms in total. The zero-order valence-corrected chi connectivity index (χ0v) is 21.4. The number of carbonyl (C=O) groups excluding carboxylic acids is 3. The molecule has 0 saturated heterocycles. The molecule has 0 fully saturated rings. The average Bonchev–Trinajstić information content (AvgIpc) is 2.78. The Morgan fingerprint density at radius 2 is 1.69 bits per heavy atom. The highest BCUT2D eigenvalue weighted by Gasteiger charge is 2.21. The standard InChI is InChI=1S/C28H37NO6/c1-6-7-17-33-24-19-21(23(30)15-11-12-16-29-27(32)35-28(3,4)5)18-20(2)25(24)26(31)34-22-13-9-8-10-14-22/h8-10,13-14,18-19H,6-7,11-12,15-17H2,1-5H3,(H,29,32). The number of esters is 1. The molecule has 0 saturated carbocycles. The van der Waals surface area contributed by atoms with E-state index in [4.69, 9.17) is 14.2 Å². The number of amides is 1. The molecule has 0 spiro atoms. The molecular weight excluding hydrogens is 446 g/mol. The number of Topliss-reactive ketones (excluding diaryl/α,β-unsaturated/α-hetero) is 1. The molecule has 7 heteroatoms. The van der Waals surface area contributed by atoms with Crippen molar-refractivity contribution >= 4 is 17.8 Å². The quantitative estimate of drug-likeness (QED) is 0.166. The Morgan fingerprint density at radius 3 is 2.34 bits per heavy atom. The third kappa shape index (κ3) is 9.81. The number of rotatable bonds is 12. The van der Waals surface area contributed by atoms with Crippen LogP contribution < -0.4 is 14.8 Å². The van der Waals surface area contributed by atoms with E-state index in [1.54, 1.807) is 64.1 Å². The molecule has 2 aromatic rings. The first-order valence-corrected chi connectivity index (χ1v) is 12.2. The maximum Gasteiger partial charge on any atom is 0.407 e. The van der Waals surface area contributed by atoms with Crippen molar-refractivity contribution < 1.29 is 28.6 Å². The van der Waals surface area contributed by atoms with Gasteiger partial charge in [-0.25, -0.2) is 9.59 Å². The molecule has 2 aromatic carbocycles. The number of carbonyl (C=O) groups is 3. The van der Waals surface area contributed by atoms with Gasteiger partial charge in [0.15, 0.2) is 5.78 Å². The van der Waals surface area contributed by atoms with Gasteiger partial charge in [-0.2, -0.15) is 0 Å². The lowest BCUT2D eigenvalue weighted by Crippen LogP contribution is -2.33. The van der Waals surface area contributed by atoms with Crippen LogP contribution in [0.2, 0.25) is 0 Å². The van der Waals surface area contributed by atoms with Gasteiger partial charge in [-0.3, -0.25) is 4.79 Å². The number of hydrogen-bond donors (Lipinski definition) is 1. The Kier molecular flexibility index (Phi) is 10.8. The molecule has 2 rings (SSSR count). The van der Waals surface area contributed by atoms with Gasteiger partial charge in [-0.1, -0.05) is 31.5 Å².